The highest BCUT2D eigenvalue weighted by atomic mass is 16.5. The van der Waals surface area contributed by atoms with Crippen LogP contribution < -0.4 is 5.32 Å². The highest BCUT2D eigenvalue weighted by molar-refractivity contribution is 5.88. The molecule has 0 amide bonds. The number of aromatic amines is 1. The van der Waals surface area contributed by atoms with Gasteiger partial charge in [-0.15, -0.1) is 0 Å². The summed E-state index contributed by atoms with van der Waals surface area (Å²) in [5.74, 6) is -0.356. The predicted molar refractivity (Wildman–Crippen MR) is 47.3 cm³/mol. The van der Waals surface area contributed by atoms with Crippen molar-refractivity contribution in [3.05, 3.63) is 17.5 Å². The first kappa shape index (κ1) is 9.73. The van der Waals surface area contributed by atoms with Crippen molar-refractivity contribution in [2.24, 2.45) is 0 Å². The number of hydrogen-bond acceptors (Lipinski definition) is 4. The van der Waals surface area contributed by atoms with Crippen LogP contribution >= 0.6 is 0 Å². The number of esters is 1. The Morgan fingerprint density at radius 2 is 2.54 bits per heavy atom. The van der Waals surface area contributed by atoms with Crippen molar-refractivity contribution in [3.8, 4) is 0 Å². The molecule has 13 heavy (non-hydrogen) atoms. The first-order chi connectivity index (χ1) is 6.29. The first-order valence-corrected chi connectivity index (χ1v) is 4.13. The fourth-order valence-corrected chi connectivity index (χ4v) is 1.02. The minimum absolute atomic E-state index is 0.356. The van der Waals surface area contributed by atoms with Crippen molar-refractivity contribution in [2.45, 2.75) is 13.5 Å². The molecule has 0 unspecified atom stereocenters. The number of H-pyrrole nitrogens is 1. The van der Waals surface area contributed by atoms with Gasteiger partial charge in [0, 0.05) is 12.1 Å². The van der Waals surface area contributed by atoms with Crippen LogP contribution in [0.25, 0.3) is 0 Å². The summed E-state index contributed by atoms with van der Waals surface area (Å²) in [4.78, 5) is 11.3. The second kappa shape index (κ2) is 4.61. The van der Waals surface area contributed by atoms with Crippen LogP contribution in [-0.4, -0.2) is 29.8 Å². The van der Waals surface area contributed by atoms with Gasteiger partial charge in [-0.05, 0) is 14.0 Å². The maximum Gasteiger partial charge on any atom is 0.356 e. The topological polar surface area (TPSA) is 67.0 Å². The molecule has 0 saturated carbocycles. The van der Waals surface area contributed by atoms with Gasteiger partial charge in [0.1, 0.15) is 5.69 Å². The largest absolute Gasteiger partial charge is 0.461 e. The molecular weight excluding hydrogens is 170 g/mol. The average molecular weight is 183 g/mol. The first-order valence-electron chi connectivity index (χ1n) is 4.13. The van der Waals surface area contributed by atoms with Crippen LogP contribution in [0, 0.1) is 0 Å². The molecule has 2 N–H and O–H groups in total. The van der Waals surface area contributed by atoms with E-state index in [9.17, 15) is 4.79 Å². The van der Waals surface area contributed by atoms with Crippen LogP contribution in [0.1, 0.15) is 23.0 Å². The number of rotatable bonds is 4. The van der Waals surface area contributed by atoms with E-state index in [2.05, 4.69) is 15.5 Å². The molecule has 5 nitrogen and oxygen atoms in total. The Morgan fingerprint density at radius 3 is 3.15 bits per heavy atom. The maximum absolute atomic E-state index is 11.3. The van der Waals surface area contributed by atoms with E-state index in [0.29, 0.717) is 18.8 Å². The number of hydrogen-bond donors (Lipinski definition) is 2. The molecule has 5 heteroatoms. The molecule has 0 aliphatic carbocycles. The maximum atomic E-state index is 11.3. The SMILES string of the molecule is CCOC(=O)c1[nH]ncc1CNC. The van der Waals surface area contributed by atoms with Crippen LogP contribution in [0.4, 0.5) is 0 Å². The average Bonchev–Trinajstić information content (AvgIpc) is 2.54. The predicted octanol–water partition coefficient (Wildman–Crippen LogP) is 0.306. The van der Waals surface area contributed by atoms with E-state index >= 15 is 0 Å². The van der Waals surface area contributed by atoms with E-state index in [4.69, 9.17) is 4.74 Å². The summed E-state index contributed by atoms with van der Waals surface area (Å²) in [6.45, 7) is 2.74. The van der Waals surface area contributed by atoms with E-state index in [1.54, 1.807) is 13.1 Å². The van der Waals surface area contributed by atoms with Gasteiger partial charge in [-0.2, -0.15) is 5.10 Å². The lowest BCUT2D eigenvalue weighted by molar-refractivity contribution is 0.0518. The van der Waals surface area contributed by atoms with Gasteiger partial charge in [0.25, 0.3) is 0 Å². The third-order valence-corrected chi connectivity index (χ3v) is 1.56. The highest BCUT2D eigenvalue weighted by Gasteiger charge is 2.13. The van der Waals surface area contributed by atoms with Crippen LogP contribution in [0.15, 0.2) is 6.20 Å². The Bertz CT molecular complexity index is 283. The molecule has 0 aliphatic rings. The van der Waals surface area contributed by atoms with Gasteiger partial charge in [0.15, 0.2) is 0 Å². The van der Waals surface area contributed by atoms with E-state index < -0.39 is 0 Å². The molecule has 1 rings (SSSR count). The number of carbonyl (C=O) groups excluding carboxylic acids is 1. The lowest BCUT2D eigenvalue weighted by atomic mass is 10.2. The normalized spacial score (nSPS) is 10.0. The van der Waals surface area contributed by atoms with Crippen LogP contribution in [0.2, 0.25) is 0 Å². The zero-order chi connectivity index (χ0) is 9.68. The summed E-state index contributed by atoms with van der Waals surface area (Å²) in [5.41, 5.74) is 1.25. The number of nitrogens with zero attached hydrogens (tertiary/aromatic N) is 1. The Balaban J connectivity index is 2.74. The monoisotopic (exact) mass is 183 g/mol. The lowest BCUT2D eigenvalue weighted by Crippen LogP contribution is -2.12. The Kier molecular flexibility index (Phi) is 3.45. The molecule has 0 spiro atoms. The van der Waals surface area contributed by atoms with Gasteiger partial charge in [-0.25, -0.2) is 4.79 Å². The number of aromatic nitrogens is 2. The minimum Gasteiger partial charge on any atom is -0.461 e. The summed E-state index contributed by atoms with van der Waals surface area (Å²) in [5, 5.41) is 9.33. The molecule has 1 aromatic rings. The van der Waals surface area contributed by atoms with Crippen LogP contribution in [0.3, 0.4) is 0 Å². The molecule has 0 saturated heterocycles. The van der Waals surface area contributed by atoms with Gasteiger partial charge in [-0.3, -0.25) is 5.10 Å². The van der Waals surface area contributed by atoms with Crippen molar-refractivity contribution < 1.29 is 9.53 Å². The van der Waals surface area contributed by atoms with Crippen LogP contribution in [0.5, 0.6) is 0 Å². The van der Waals surface area contributed by atoms with Gasteiger partial charge in [0.2, 0.25) is 0 Å². The molecule has 72 valence electrons. The molecule has 0 aliphatic heterocycles. The fourth-order valence-electron chi connectivity index (χ4n) is 1.02. The summed E-state index contributed by atoms with van der Waals surface area (Å²) in [6.07, 6.45) is 1.61. The fraction of sp³-hybridized carbons (Fsp3) is 0.500. The van der Waals surface area contributed by atoms with Crippen molar-refractivity contribution in [2.75, 3.05) is 13.7 Å². The van der Waals surface area contributed by atoms with Crippen molar-refractivity contribution >= 4 is 5.97 Å². The third-order valence-electron chi connectivity index (χ3n) is 1.56. The molecule has 0 atom stereocenters. The van der Waals surface area contributed by atoms with Gasteiger partial charge >= 0.3 is 5.97 Å². The Labute approximate surface area is 76.5 Å². The molecule has 0 aromatic carbocycles. The van der Waals surface area contributed by atoms with Gasteiger partial charge in [0.05, 0.1) is 12.8 Å². The van der Waals surface area contributed by atoms with Crippen molar-refractivity contribution in [3.63, 3.8) is 0 Å². The summed E-state index contributed by atoms with van der Waals surface area (Å²) in [7, 11) is 1.81. The molecule has 0 fully saturated rings. The van der Waals surface area contributed by atoms with E-state index in [0.717, 1.165) is 5.56 Å². The molecule has 1 aromatic heterocycles. The summed E-state index contributed by atoms with van der Waals surface area (Å²) < 4.78 is 4.84. The second-order valence-corrected chi connectivity index (χ2v) is 2.52. The molecule has 0 bridgehead atoms. The summed E-state index contributed by atoms with van der Waals surface area (Å²) >= 11 is 0. The third kappa shape index (κ3) is 2.29. The number of carbonyl (C=O) groups is 1. The smallest absolute Gasteiger partial charge is 0.356 e. The number of nitrogens with one attached hydrogen (secondary N) is 2. The van der Waals surface area contributed by atoms with Crippen molar-refractivity contribution in [1.82, 2.24) is 15.5 Å². The Hall–Kier alpha value is -1.36. The van der Waals surface area contributed by atoms with E-state index in [1.165, 1.54) is 0 Å². The molecule has 1 heterocycles. The molecular formula is C8H13N3O2. The van der Waals surface area contributed by atoms with Gasteiger partial charge < -0.3 is 10.1 Å². The Morgan fingerprint density at radius 1 is 1.77 bits per heavy atom. The second-order valence-electron chi connectivity index (χ2n) is 2.52. The molecule has 0 radical (unpaired) electrons. The van der Waals surface area contributed by atoms with Crippen LogP contribution in [-0.2, 0) is 11.3 Å². The standard InChI is InChI=1S/C8H13N3O2/c1-3-13-8(12)7-6(4-9-2)5-10-11-7/h5,9H,3-4H2,1-2H3,(H,10,11). The highest BCUT2D eigenvalue weighted by Crippen LogP contribution is 2.05. The summed E-state index contributed by atoms with van der Waals surface area (Å²) in [6, 6.07) is 0. The zero-order valence-corrected chi connectivity index (χ0v) is 7.76. The quantitative estimate of drug-likeness (QED) is 0.659. The number of ether oxygens (including phenoxy) is 1. The van der Waals surface area contributed by atoms with E-state index in [-0.39, 0.29) is 5.97 Å². The minimum atomic E-state index is -0.356. The lowest BCUT2D eigenvalue weighted by Gasteiger charge is -2.01. The zero-order valence-electron chi connectivity index (χ0n) is 7.76. The van der Waals surface area contributed by atoms with Crippen molar-refractivity contribution in [1.29, 1.82) is 0 Å². The van der Waals surface area contributed by atoms with Gasteiger partial charge in [-0.1, -0.05) is 0 Å². The van der Waals surface area contributed by atoms with E-state index in [1.807, 2.05) is 7.05 Å².